The summed E-state index contributed by atoms with van der Waals surface area (Å²) in [5.74, 6) is 0. The fraction of sp³-hybridized carbons (Fsp3) is 1.00. The molecule has 18 heavy (non-hydrogen) atoms. The van der Waals surface area contributed by atoms with Crippen molar-refractivity contribution in [2.75, 3.05) is 24.6 Å². The third-order valence-corrected chi connectivity index (χ3v) is 9.67. The molecular weight excluding hydrogens is 439 g/mol. The molecule has 0 spiro atoms. The average molecular weight is 475 g/mol. The van der Waals surface area contributed by atoms with E-state index >= 15 is 0 Å². The predicted octanol–water partition coefficient (Wildman–Crippen LogP) is 6.89. The first-order valence-corrected chi connectivity index (χ1v) is 10.1. The Morgan fingerprint density at radius 3 is 1.00 bits per heavy atom. The molecular formula is C14H36Br3P. The van der Waals surface area contributed by atoms with Crippen molar-refractivity contribution in [3.8, 4) is 0 Å². The maximum atomic E-state index is 2.47. The molecule has 118 valence electrons. The monoisotopic (exact) mass is 472 g/mol. The second-order valence-corrected chi connectivity index (χ2v) is 10.4. The van der Waals surface area contributed by atoms with Crippen LogP contribution in [0.25, 0.3) is 0 Å². The number of halogens is 3. The van der Waals surface area contributed by atoms with Gasteiger partial charge in [-0.3, -0.25) is 0 Å². The number of unbranched alkanes of at least 4 members (excludes halogenated alkanes) is 3. The molecule has 0 N–H and O–H groups in total. The molecule has 0 saturated heterocycles. The molecule has 0 aromatic heterocycles. The molecule has 0 atom stereocenters. The molecule has 0 saturated carbocycles. The maximum absolute atomic E-state index is 2.47. The number of rotatable bonds is 10. The van der Waals surface area contributed by atoms with E-state index in [1.807, 2.05) is 0 Å². The van der Waals surface area contributed by atoms with Gasteiger partial charge in [-0.1, -0.05) is 0 Å². The summed E-state index contributed by atoms with van der Waals surface area (Å²) in [7, 11) is -0.832. The van der Waals surface area contributed by atoms with E-state index in [4.69, 9.17) is 0 Å². The van der Waals surface area contributed by atoms with Crippen LogP contribution in [-0.4, -0.2) is 24.6 Å². The van der Waals surface area contributed by atoms with Crippen molar-refractivity contribution < 1.29 is 0 Å². The summed E-state index contributed by atoms with van der Waals surface area (Å²) in [6.45, 7) is 9.49. The van der Waals surface area contributed by atoms with Crippen molar-refractivity contribution >= 4 is 58.2 Å². The van der Waals surface area contributed by atoms with Crippen LogP contribution in [0, 0.1) is 0 Å². The van der Waals surface area contributed by atoms with Crippen LogP contribution >= 0.6 is 58.2 Å². The summed E-state index contributed by atoms with van der Waals surface area (Å²) in [6, 6.07) is 0. The van der Waals surface area contributed by atoms with Crippen LogP contribution in [0.5, 0.6) is 0 Å². The van der Waals surface area contributed by atoms with Gasteiger partial charge >= 0.3 is 98.1 Å². The van der Waals surface area contributed by atoms with Gasteiger partial charge in [0.15, 0.2) is 0 Å². The van der Waals surface area contributed by atoms with Gasteiger partial charge in [0.2, 0.25) is 0 Å². The van der Waals surface area contributed by atoms with Gasteiger partial charge in [-0.15, -0.1) is 50.9 Å². The van der Waals surface area contributed by atoms with Crippen molar-refractivity contribution in [1.82, 2.24) is 0 Å². The molecule has 0 fully saturated rings. The Morgan fingerprint density at radius 1 is 0.556 bits per heavy atom. The van der Waals surface area contributed by atoms with Crippen LogP contribution in [-0.2, 0) is 0 Å². The van der Waals surface area contributed by atoms with Crippen LogP contribution in [0.2, 0.25) is 0 Å². The van der Waals surface area contributed by atoms with Gasteiger partial charge in [0, 0.05) is 0 Å². The van der Waals surface area contributed by atoms with Gasteiger partial charge in [-0.25, -0.2) is 0 Å². The van der Waals surface area contributed by atoms with Crippen molar-refractivity contribution in [2.45, 2.75) is 66.2 Å². The summed E-state index contributed by atoms with van der Waals surface area (Å²) in [4.78, 5) is 0. The Bertz CT molecular complexity index is 121. The molecule has 0 rings (SSSR count). The molecule has 0 bridgehead atoms. The summed E-state index contributed by atoms with van der Waals surface area (Å²) in [5, 5.41) is 0. The third-order valence-electron chi connectivity index (χ3n) is 3.93. The van der Waals surface area contributed by atoms with Gasteiger partial charge in [0.25, 0.3) is 0 Å². The zero-order chi connectivity index (χ0) is 11.6. The van der Waals surface area contributed by atoms with Crippen molar-refractivity contribution in [2.24, 2.45) is 0 Å². The quantitative estimate of drug-likeness (QED) is 0.302. The molecule has 0 unspecified atom stereocenters. The Morgan fingerprint density at radius 2 is 0.833 bits per heavy atom. The zero-order valence-corrected chi connectivity index (χ0v) is 18.9. The van der Waals surface area contributed by atoms with E-state index < -0.39 is 7.26 Å². The third kappa shape index (κ3) is 12.9. The summed E-state index contributed by atoms with van der Waals surface area (Å²) >= 11 is 0. The Labute approximate surface area is 148 Å². The first kappa shape index (κ1) is 28.1. The molecule has 0 aromatic rings. The van der Waals surface area contributed by atoms with Crippen LogP contribution in [0.15, 0.2) is 0 Å². The molecule has 0 heterocycles. The summed E-state index contributed by atoms with van der Waals surface area (Å²) < 4.78 is 0. The molecule has 0 aromatic carbocycles. The molecule has 0 nitrogen and oxygen atoms in total. The SMILES string of the molecule is Br.Br.Br.CCCC[PH](CC)(CCCC)CCCC. The second kappa shape index (κ2) is 18.9. The van der Waals surface area contributed by atoms with Gasteiger partial charge in [0.1, 0.15) is 0 Å². The zero-order valence-electron chi connectivity index (χ0n) is 12.8. The molecule has 0 radical (unpaired) electrons. The number of hydrogen-bond acceptors (Lipinski definition) is 0. The molecule has 0 aliphatic rings. The normalized spacial score (nSPS) is 10.9. The van der Waals surface area contributed by atoms with Gasteiger partial charge in [-0.05, 0) is 0 Å². The van der Waals surface area contributed by atoms with Crippen molar-refractivity contribution in [1.29, 1.82) is 0 Å². The topological polar surface area (TPSA) is 0 Å². The second-order valence-electron chi connectivity index (χ2n) is 5.16. The molecule has 0 aliphatic heterocycles. The molecule has 0 aliphatic carbocycles. The standard InChI is InChI=1S/C14H33P.3BrH/c1-5-9-12-15(8-4,13-10-6-2)14-11-7-3;;;/h15H,5-14H2,1-4H3;3*1H. The average Bonchev–Trinajstić information content (AvgIpc) is 2.29. The van der Waals surface area contributed by atoms with Crippen LogP contribution in [0.4, 0.5) is 0 Å². The Balaban J connectivity index is -0.000000327. The minimum atomic E-state index is -0.832. The van der Waals surface area contributed by atoms with E-state index in [2.05, 4.69) is 27.7 Å². The van der Waals surface area contributed by atoms with Crippen LogP contribution in [0.1, 0.15) is 66.2 Å². The fourth-order valence-electron chi connectivity index (χ4n) is 2.56. The fourth-order valence-corrected chi connectivity index (χ4v) is 7.68. The van der Waals surface area contributed by atoms with E-state index in [9.17, 15) is 0 Å². The van der Waals surface area contributed by atoms with E-state index in [1.165, 1.54) is 44.7 Å². The van der Waals surface area contributed by atoms with Crippen LogP contribution in [0.3, 0.4) is 0 Å². The van der Waals surface area contributed by atoms with Gasteiger partial charge < -0.3 is 0 Å². The molecule has 0 amide bonds. The van der Waals surface area contributed by atoms with Crippen molar-refractivity contribution in [3.05, 3.63) is 0 Å². The van der Waals surface area contributed by atoms with Gasteiger partial charge in [0.05, 0.1) is 0 Å². The first-order valence-electron chi connectivity index (χ1n) is 7.24. The van der Waals surface area contributed by atoms with E-state index in [1.54, 1.807) is 18.5 Å². The van der Waals surface area contributed by atoms with Gasteiger partial charge in [-0.2, -0.15) is 0 Å². The summed E-state index contributed by atoms with van der Waals surface area (Å²) in [5.41, 5.74) is 0. The van der Waals surface area contributed by atoms with E-state index in [0.29, 0.717) is 0 Å². The van der Waals surface area contributed by atoms with Crippen LogP contribution < -0.4 is 0 Å². The van der Waals surface area contributed by atoms with E-state index in [-0.39, 0.29) is 50.9 Å². The predicted molar refractivity (Wildman–Crippen MR) is 109 cm³/mol. The first-order chi connectivity index (χ1) is 7.24. The van der Waals surface area contributed by atoms with E-state index in [0.717, 1.165) is 0 Å². The summed E-state index contributed by atoms with van der Waals surface area (Å²) in [6.07, 6.45) is 15.0. The molecule has 4 heteroatoms. The Kier molecular flexibility index (Phi) is 29.5. The minimum absolute atomic E-state index is 0. The number of hydrogen-bond donors (Lipinski definition) is 0. The van der Waals surface area contributed by atoms with Crippen molar-refractivity contribution in [3.63, 3.8) is 0 Å². The Hall–Kier alpha value is 1.87.